The number of fused-ring (bicyclic) bond motifs is 1. The summed E-state index contributed by atoms with van der Waals surface area (Å²) in [6, 6.07) is 7.88. The first-order chi connectivity index (χ1) is 12.0. The van der Waals surface area contributed by atoms with E-state index in [2.05, 4.69) is 0 Å². The summed E-state index contributed by atoms with van der Waals surface area (Å²) in [6.07, 6.45) is 1.27. The molecular weight excluding hydrogens is 360 g/mol. The minimum absolute atomic E-state index is 0.0103. The van der Waals surface area contributed by atoms with Crippen molar-refractivity contribution in [1.82, 2.24) is 9.80 Å². The van der Waals surface area contributed by atoms with Crippen molar-refractivity contribution in [3.8, 4) is 0 Å². The number of hydrogen-bond acceptors (Lipinski definition) is 4. The SMILES string of the molecule is CN(C)C(=O)N1CCC(C(=O)OCc2sc3ccccc3c2Cl)CC1. The number of urea groups is 1. The van der Waals surface area contributed by atoms with Gasteiger partial charge in [0.15, 0.2) is 0 Å². The lowest BCUT2D eigenvalue weighted by Crippen LogP contribution is -2.45. The van der Waals surface area contributed by atoms with Gasteiger partial charge in [-0.05, 0) is 18.9 Å². The van der Waals surface area contributed by atoms with Crippen molar-refractivity contribution in [3.05, 3.63) is 34.2 Å². The second-order valence-electron chi connectivity index (χ2n) is 6.38. The van der Waals surface area contributed by atoms with Crippen molar-refractivity contribution < 1.29 is 14.3 Å². The van der Waals surface area contributed by atoms with E-state index in [1.54, 1.807) is 35.2 Å². The van der Waals surface area contributed by atoms with Crippen LogP contribution >= 0.6 is 22.9 Å². The molecule has 134 valence electrons. The summed E-state index contributed by atoms with van der Waals surface area (Å²) in [5.74, 6) is -0.357. The highest BCUT2D eigenvalue weighted by atomic mass is 35.5. The largest absolute Gasteiger partial charge is 0.460 e. The minimum Gasteiger partial charge on any atom is -0.460 e. The normalized spacial score (nSPS) is 15.4. The van der Waals surface area contributed by atoms with E-state index in [-0.39, 0.29) is 24.5 Å². The van der Waals surface area contributed by atoms with Crippen molar-refractivity contribution in [1.29, 1.82) is 0 Å². The monoisotopic (exact) mass is 380 g/mol. The number of carbonyl (C=O) groups excluding carboxylic acids is 2. The van der Waals surface area contributed by atoms with Gasteiger partial charge in [0.25, 0.3) is 0 Å². The molecule has 2 amide bonds. The van der Waals surface area contributed by atoms with Crippen molar-refractivity contribution in [2.75, 3.05) is 27.2 Å². The smallest absolute Gasteiger partial charge is 0.319 e. The summed E-state index contributed by atoms with van der Waals surface area (Å²) in [5, 5.41) is 1.66. The Morgan fingerprint density at radius 3 is 2.60 bits per heavy atom. The molecule has 2 heterocycles. The van der Waals surface area contributed by atoms with Gasteiger partial charge in [0.2, 0.25) is 0 Å². The fraction of sp³-hybridized carbons (Fsp3) is 0.444. The molecule has 0 spiro atoms. The van der Waals surface area contributed by atoms with Crippen LogP contribution in [-0.2, 0) is 16.1 Å². The van der Waals surface area contributed by atoms with Crippen LogP contribution in [0.5, 0.6) is 0 Å². The van der Waals surface area contributed by atoms with E-state index in [0.717, 1.165) is 15.0 Å². The lowest BCUT2D eigenvalue weighted by Gasteiger charge is -2.32. The molecule has 1 aliphatic rings. The van der Waals surface area contributed by atoms with Crippen LogP contribution in [0.15, 0.2) is 24.3 Å². The maximum absolute atomic E-state index is 12.3. The van der Waals surface area contributed by atoms with Gasteiger partial charge in [-0.2, -0.15) is 0 Å². The first kappa shape index (κ1) is 18.0. The number of thiophene rings is 1. The van der Waals surface area contributed by atoms with E-state index < -0.39 is 0 Å². The zero-order chi connectivity index (χ0) is 18.0. The minimum atomic E-state index is -0.203. The fourth-order valence-corrected chi connectivity index (χ4v) is 4.40. The van der Waals surface area contributed by atoms with E-state index in [4.69, 9.17) is 16.3 Å². The third-order valence-corrected chi connectivity index (χ3v) is 6.12. The lowest BCUT2D eigenvalue weighted by molar-refractivity contribution is -0.151. The van der Waals surface area contributed by atoms with Crippen LogP contribution in [0.3, 0.4) is 0 Å². The average Bonchev–Trinajstić information content (AvgIpc) is 2.95. The van der Waals surface area contributed by atoms with Crippen LogP contribution in [0.1, 0.15) is 17.7 Å². The maximum atomic E-state index is 12.3. The van der Waals surface area contributed by atoms with Crippen molar-refractivity contribution in [2.45, 2.75) is 19.4 Å². The molecule has 1 aliphatic heterocycles. The summed E-state index contributed by atoms with van der Waals surface area (Å²) in [4.78, 5) is 28.5. The van der Waals surface area contributed by atoms with Gasteiger partial charge in [0.05, 0.1) is 15.8 Å². The zero-order valence-corrected chi connectivity index (χ0v) is 15.9. The van der Waals surface area contributed by atoms with Crippen LogP contribution in [0, 0.1) is 5.92 Å². The van der Waals surface area contributed by atoms with Gasteiger partial charge < -0.3 is 14.5 Å². The predicted molar refractivity (Wildman–Crippen MR) is 100 cm³/mol. The van der Waals surface area contributed by atoms with Gasteiger partial charge in [0, 0.05) is 37.3 Å². The molecule has 1 fully saturated rings. The van der Waals surface area contributed by atoms with Gasteiger partial charge in [-0.15, -0.1) is 11.3 Å². The van der Waals surface area contributed by atoms with E-state index in [9.17, 15) is 9.59 Å². The van der Waals surface area contributed by atoms with Gasteiger partial charge in [-0.3, -0.25) is 4.79 Å². The number of esters is 1. The standard InChI is InChI=1S/C18H21ClN2O3S/c1-20(2)18(23)21-9-7-12(8-10-21)17(22)24-11-15-16(19)13-5-3-4-6-14(13)25-15/h3-6,12H,7-11H2,1-2H3. The Morgan fingerprint density at radius 2 is 1.96 bits per heavy atom. The Kier molecular flexibility index (Phi) is 5.49. The van der Waals surface area contributed by atoms with Crippen molar-refractivity contribution in [2.24, 2.45) is 5.92 Å². The van der Waals surface area contributed by atoms with Crippen molar-refractivity contribution >= 4 is 45.0 Å². The molecular formula is C18H21ClN2O3S. The molecule has 7 heteroatoms. The second kappa shape index (κ2) is 7.62. The van der Waals surface area contributed by atoms with E-state index >= 15 is 0 Å². The summed E-state index contributed by atoms with van der Waals surface area (Å²) in [6.45, 7) is 1.37. The highest BCUT2D eigenvalue weighted by Gasteiger charge is 2.29. The summed E-state index contributed by atoms with van der Waals surface area (Å²) >= 11 is 7.93. The number of nitrogens with zero attached hydrogens (tertiary/aromatic N) is 2. The van der Waals surface area contributed by atoms with Gasteiger partial charge in [-0.25, -0.2) is 4.79 Å². The van der Waals surface area contributed by atoms with E-state index in [1.165, 1.54) is 0 Å². The van der Waals surface area contributed by atoms with Crippen LogP contribution in [0.4, 0.5) is 4.79 Å². The van der Waals surface area contributed by atoms with E-state index in [1.807, 2.05) is 24.3 Å². The summed E-state index contributed by atoms with van der Waals surface area (Å²) in [5.41, 5.74) is 0. The molecule has 0 bridgehead atoms. The molecule has 25 heavy (non-hydrogen) atoms. The Labute approximate surface area is 156 Å². The van der Waals surface area contributed by atoms with Gasteiger partial charge >= 0.3 is 12.0 Å². The summed E-state index contributed by atoms with van der Waals surface area (Å²) in [7, 11) is 3.47. The van der Waals surface area contributed by atoms with Crippen LogP contribution < -0.4 is 0 Å². The number of piperidine rings is 1. The molecule has 3 rings (SSSR count). The molecule has 0 N–H and O–H groups in total. The van der Waals surface area contributed by atoms with Crippen LogP contribution in [-0.4, -0.2) is 49.0 Å². The number of likely N-dealkylation sites (tertiary alicyclic amines) is 1. The number of benzene rings is 1. The first-order valence-electron chi connectivity index (χ1n) is 8.26. The average molecular weight is 381 g/mol. The quantitative estimate of drug-likeness (QED) is 0.756. The van der Waals surface area contributed by atoms with Crippen LogP contribution in [0.25, 0.3) is 10.1 Å². The fourth-order valence-electron chi connectivity index (χ4n) is 3.00. The summed E-state index contributed by atoms with van der Waals surface area (Å²) < 4.78 is 6.59. The number of halogens is 1. The maximum Gasteiger partial charge on any atom is 0.319 e. The molecule has 0 atom stereocenters. The molecule has 0 radical (unpaired) electrons. The third-order valence-electron chi connectivity index (χ3n) is 4.43. The Morgan fingerprint density at radius 1 is 1.28 bits per heavy atom. The molecule has 0 aliphatic carbocycles. The van der Waals surface area contributed by atoms with Gasteiger partial charge in [-0.1, -0.05) is 29.8 Å². The molecule has 2 aromatic rings. The topological polar surface area (TPSA) is 49.9 Å². The second-order valence-corrected chi connectivity index (χ2v) is 7.90. The third kappa shape index (κ3) is 3.90. The molecule has 5 nitrogen and oxygen atoms in total. The predicted octanol–water partition coefficient (Wildman–Crippen LogP) is 3.99. The zero-order valence-electron chi connectivity index (χ0n) is 14.3. The molecule has 0 unspecified atom stereocenters. The lowest BCUT2D eigenvalue weighted by atomic mass is 9.97. The number of hydrogen-bond donors (Lipinski definition) is 0. The Balaban J connectivity index is 1.55. The number of ether oxygens (including phenoxy) is 1. The van der Waals surface area contributed by atoms with Gasteiger partial charge in [0.1, 0.15) is 6.61 Å². The molecule has 1 saturated heterocycles. The molecule has 1 aromatic heterocycles. The van der Waals surface area contributed by atoms with Crippen molar-refractivity contribution in [3.63, 3.8) is 0 Å². The Bertz CT molecular complexity index is 782. The molecule has 1 aromatic carbocycles. The molecule has 0 saturated carbocycles. The highest BCUT2D eigenvalue weighted by molar-refractivity contribution is 7.19. The Hall–Kier alpha value is -1.79. The number of rotatable bonds is 3. The number of carbonyl (C=O) groups is 2. The van der Waals surface area contributed by atoms with Crippen LogP contribution in [0.2, 0.25) is 5.02 Å². The number of amides is 2. The first-order valence-corrected chi connectivity index (χ1v) is 9.45. The highest BCUT2D eigenvalue weighted by Crippen LogP contribution is 2.35. The van der Waals surface area contributed by atoms with E-state index in [0.29, 0.717) is 31.0 Å².